The van der Waals surface area contributed by atoms with E-state index in [1.165, 1.54) is 12.1 Å². The summed E-state index contributed by atoms with van der Waals surface area (Å²) in [7, 11) is 1.74. The molecule has 0 aliphatic carbocycles. The molecule has 2 aromatic carbocycles. The molecule has 5 nitrogen and oxygen atoms in total. The number of alkyl halides is 2. The summed E-state index contributed by atoms with van der Waals surface area (Å²) in [5, 5.41) is 10.3. The van der Waals surface area contributed by atoms with E-state index in [2.05, 4.69) is 4.57 Å². The number of fused-ring (bicyclic) bond motifs is 3. The number of hydrogen-bond acceptors (Lipinski definition) is 2. The molecule has 0 saturated carbocycles. The molecule has 168 valence electrons. The number of benzene rings is 2. The molecule has 1 N–H and O–H groups in total. The fraction of sp³-hybridized carbons (Fsp3) is 0.360. The molecular weight excluding hydrogens is 414 g/mol. The van der Waals surface area contributed by atoms with E-state index in [1.807, 2.05) is 24.3 Å². The van der Waals surface area contributed by atoms with Crippen molar-refractivity contribution in [2.24, 2.45) is 0 Å². The van der Waals surface area contributed by atoms with E-state index in [1.54, 1.807) is 24.9 Å². The molecule has 0 radical (unpaired) electrons. The number of carbonyl (C=O) groups is 2. The average molecular weight is 440 g/mol. The first-order valence-corrected chi connectivity index (χ1v) is 10.8. The van der Waals surface area contributed by atoms with Crippen LogP contribution in [-0.2, 0) is 30.6 Å². The van der Waals surface area contributed by atoms with E-state index >= 15 is 0 Å². The van der Waals surface area contributed by atoms with Gasteiger partial charge in [0.05, 0.1) is 6.42 Å². The van der Waals surface area contributed by atoms with Gasteiger partial charge >= 0.3 is 5.97 Å². The number of likely N-dealkylation sites (N-methyl/N-ethyl adjacent to an activating group) is 1. The molecule has 1 aromatic heterocycles. The second-order valence-electron chi connectivity index (χ2n) is 8.30. The smallest absolute Gasteiger partial charge is 0.307 e. The topological polar surface area (TPSA) is 62.5 Å². The van der Waals surface area contributed by atoms with Crippen LogP contribution in [0.4, 0.5) is 8.78 Å². The molecule has 2 heterocycles. The molecule has 0 saturated heterocycles. The zero-order valence-corrected chi connectivity index (χ0v) is 18.1. The van der Waals surface area contributed by atoms with Crippen LogP contribution in [-0.4, -0.2) is 39.5 Å². The first-order chi connectivity index (χ1) is 15.3. The van der Waals surface area contributed by atoms with Gasteiger partial charge in [0, 0.05) is 47.4 Å². The number of aromatic nitrogens is 1. The summed E-state index contributed by atoms with van der Waals surface area (Å²) in [6.07, 6.45) is -0.784. The van der Waals surface area contributed by atoms with Crippen LogP contribution < -0.4 is 0 Å². The summed E-state index contributed by atoms with van der Waals surface area (Å²) in [4.78, 5) is 26.3. The minimum absolute atomic E-state index is 0.0289. The van der Waals surface area contributed by atoms with Gasteiger partial charge in [-0.05, 0) is 48.6 Å². The predicted octanol–water partition coefficient (Wildman–Crippen LogP) is 4.86. The Kier molecular flexibility index (Phi) is 6.00. The first-order valence-electron chi connectivity index (χ1n) is 10.8. The lowest BCUT2D eigenvalue weighted by Gasteiger charge is -2.33. The van der Waals surface area contributed by atoms with Gasteiger partial charge in [-0.25, -0.2) is 8.78 Å². The van der Waals surface area contributed by atoms with Crippen molar-refractivity contribution in [1.82, 2.24) is 9.47 Å². The Hall–Kier alpha value is -3.22. The van der Waals surface area contributed by atoms with Gasteiger partial charge in [0.2, 0.25) is 0 Å². The maximum Gasteiger partial charge on any atom is 0.307 e. The van der Waals surface area contributed by atoms with Crippen molar-refractivity contribution in [2.45, 2.75) is 51.6 Å². The molecule has 0 spiro atoms. The zero-order chi connectivity index (χ0) is 23.0. The fourth-order valence-corrected chi connectivity index (χ4v) is 4.82. The quantitative estimate of drug-likeness (QED) is 0.596. The molecule has 0 fully saturated rings. The Bertz CT molecular complexity index is 1190. The van der Waals surface area contributed by atoms with Gasteiger partial charge in [0.25, 0.3) is 12.3 Å². The van der Waals surface area contributed by atoms with Crippen LogP contribution in [0.25, 0.3) is 10.9 Å². The summed E-state index contributed by atoms with van der Waals surface area (Å²) in [5.74, 6) is -1.06. The number of rotatable bonds is 6. The summed E-state index contributed by atoms with van der Waals surface area (Å²) < 4.78 is 28.6. The Balaban J connectivity index is 1.62. The molecule has 7 heteroatoms. The number of nitrogens with zero attached hydrogens (tertiary/aromatic N) is 2. The van der Waals surface area contributed by atoms with Gasteiger partial charge in [-0.1, -0.05) is 31.2 Å². The summed E-state index contributed by atoms with van der Waals surface area (Å²) in [6, 6.07) is 12.1. The van der Waals surface area contributed by atoms with Gasteiger partial charge in [0.1, 0.15) is 0 Å². The summed E-state index contributed by atoms with van der Waals surface area (Å²) in [5.41, 5.74) is 3.69. The third-order valence-corrected chi connectivity index (χ3v) is 6.50. The number of carboxylic acid groups (broad SMARTS) is 1. The molecule has 1 aliphatic rings. The van der Waals surface area contributed by atoms with Gasteiger partial charge < -0.3 is 14.6 Å². The Labute approximate surface area is 185 Å². The summed E-state index contributed by atoms with van der Waals surface area (Å²) >= 11 is 0. The van der Waals surface area contributed by atoms with Crippen molar-refractivity contribution in [3.63, 3.8) is 0 Å². The number of carboxylic acids is 1. The van der Waals surface area contributed by atoms with Crippen molar-refractivity contribution in [2.75, 3.05) is 7.05 Å². The van der Waals surface area contributed by atoms with E-state index in [-0.39, 0.29) is 23.9 Å². The highest BCUT2D eigenvalue weighted by atomic mass is 19.3. The Morgan fingerprint density at radius 2 is 1.97 bits per heavy atom. The van der Waals surface area contributed by atoms with Crippen molar-refractivity contribution in [3.8, 4) is 0 Å². The second kappa shape index (κ2) is 8.73. The van der Waals surface area contributed by atoms with Gasteiger partial charge in [-0.2, -0.15) is 0 Å². The standard InChI is InChI=1S/C25H26F2N2O3/c1-3-15-12-16(8-10-18(15)24(26)27)25(32)28(2)17-9-11-22-20(13-23(30)31)19-6-4-5-7-21(19)29(22)14-17/h4-8,10,12,17,24H,3,9,11,13-14H2,1-2H3,(H,30,31). The third-order valence-electron chi connectivity index (χ3n) is 6.50. The van der Waals surface area contributed by atoms with E-state index in [9.17, 15) is 23.5 Å². The highest BCUT2D eigenvalue weighted by Crippen LogP contribution is 2.33. The van der Waals surface area contributed by atoms with Gasteiger partial charge in [-0.15, -0.1) is 0 Å². The minimum Gasteiger partial charge on any atom is -0.481 e. The highest BCUT2D eigenvalue weighted by Gasteiger charge is 2.30. The SMILES string of the molecule is CCc1cc(C(=O)N(C)C2CCc3c(CC(=O)O)c4ccccc4n3C2)ccc1C(F)F. The van der Waals surface area contributed by atoms with Crippen LogP contribution in [0.15, 0.2) is 42.5 Å². The maximum absolute atomic E-state index is 13.2. The number of aryl methyl sites for hydroxylation is 1. The molecule has 1 aliphatic heterocycles. The molecule has 3 aromatic rings. The van der Waals surface area contributed by atoms with Crippen LogP contribution >= 0.6 is 0 Å². The Morgan fingerprint density at radius 3 is 2.66 bits per heavy atom. The van der Waals surface area contributed by atoms with Crippen molar-refractivity contribution in [3.05, 3.63) is 70.4 Å². The van der Waals surface area contributed by atoms with Crippen LogP contribution in [0.1, 0.15) is 52.5 Å². The number of hydrogen-bond donors (Lipinski definition) is 1. The van der Waals surface area contributed by atoms with E-state index in [0.717, 1.165) is 22.2 Å². The zero-order valence-electron chi connectivity index (χ0n) is 18.1. The molecular formula is C25H26F2N2O3. The normalized spacial score (nSPS) is 15.7. The number of amides is 1. The summed E-state index contributed by atoms with van der Waals surface area (Å²) in [6.45, 7) is 2.36. The van der Waals surface area contributed by atoms with Crippen LogP contribution in [0.3, 0.4) is 0 Å². The minimum atomic E-state index is -2.56. The lowest BCUT2D eigenvalue weighted by molar-refractivity contribution is -0.136. The molecule has 1 amide bonds. The van der Waals surface area contributed by atoms with E-state index < -0.39 is 12.4 Å². The number of para-hydroxylation sites is 1. The molecule has 0 bridgehead atoms. The second-order valence-corrected chi connectivity index (χ2v) is 8.30. The van der Waals surface area contributed by atoms with Gasteiger partial charge in [-0.3, -0.25) is 9.59 Å². The molecule has 32 heavy (non-hydrogen) atoms. The number of aliphatic carboxylic acids is 1. The molecule has 1 unspecified atom stereocenters. The van der Waals surface area contributed by atoms with Crippen LogP contribution in [0, 0.1) is 0 Å². The van der Waals surface area contributed by atoms with Crippen LogP contribution in [0.5, 0.6) is 0 Å². The fourth-order valence-electron chi connectivity index (χ4n) is 4.82. The lowest BCUT2D eigenvalue weighted by Crippen LogP contribution is -2.42. The van der Waals surface area contributed by atoms with Crippen molar-refractivity contribution in [1.29, 1.82) is 0 Å². The molecule has 4 rings (SSSR count). The average Bonchev–Trinajstić information content (AvgIpc) is 3.10. The predicted molar refractivity (Wildman–Crippen MR) is 118 cm³/mol. The number of carbonyl (C=O) groups excluding carboxylic acids is 1. The first kappa shape index (κ1) is 22.0. The molecule has 1 atom stereocenters. The Morgan fingerprint density at radius 1 is 1.22 bits per heavy atom. The van der Waals surface area contributed by atoms with E-state index in [4.69, 9.17) is 0 Å². The highest BCUT2D eigenvalue weighted by molar-refractivity contribution is 5.94. The lowest BCUT2D eigenvalue weighted by atomic mass is 9.98. The monoisotopic (exact) mass is 440 g/mol. The maximum atomic E-state index is 13.2. The van der Waals surface area contributed by atoms with Gasteiger partial charge in [0.15, 0.2) is 0 Å². The largest absolute Gasteiger partial charge is 0.481 e. The number of halogens is 2. The van der Waals surface area contributed by atoms with Crippen molar-refractivity contribution >= 4 is 22.8 Å². The van der Waals surface area contributed by atoms with Crippen LogP contribution in [0.2, 0.25) is 0 Å². The van der Waals surface area contributed by atoms with Crippen molar-refractivity contribution < 1.29 is 23.5 Å². The van der Waals surface area contributed by atoms with E-state index in [0.29, 0.717) is 36.9 Å². The third kappa shape index (κ3) is 3.87.